The molecule has 0 saturated heterocycles. The molecule has 3 rings (SSSR count). The van der Waals surface area contributed by atoms with Gasteiger partial charge in [-0.1, -0.05) is 18.5 Å². The van der Waals surface area contributed by atoms with E-state index in [1.54, 1.807) is 29.8 Å². The maximum absolute atomic E-state index is 12.6. The number of carbonyl (C=O) groups excluding carboxylic acids is 1. The Morgan fingerprint density at radius 3 is 2.77 bits per heavy atom. The van der Waals surface area contributed by atoms with E-state index < -0.39 is 0 Å². The first kappa shape index (κ1) is 18.1. The molecule has 0 atom stereocenters. The van der Waals surface area contributed by atoms with Crippen LogP contribution in [-0.2, 0) is 17.6 Å². The minimum absolute atomic E-state index is 0.164. The number of halogens is 1. The fourth-order valence-electron chi connectivity index (χ4n) is 2.79. The SMILES string of the molecule is CCc1nc2nc(C)c(CC(=O)Nc3cc(Cl)ccc3OC)c(C)n2n1. The van der Waals surface area contributed by atoms with Gasteiger partial charge in [0, 0.05) is 28.4 Å². The number of carbonyl (C=O) groups is 1. The molecule has 0 radical (unpaired) electrons. The van der Waals surface area contributed by atoms with E-state index in [-0.39, 0.29) is 12.3 Å². The summed E-state index contributed by atoms with van der Waals surface area (Å²) in [6, 6.07) is 5.08. The van der Waals surface area contributed by atoms with Crippen molar-refractivity contribution in [2.75, 3.05) is 12.4 Å². The molecule has 0 fully saturated rings. The molecule has 0 saturated carbocycles. The second kappa shape index (κ2) is 7.29. The number of hydrogen-bond acceptors (Lipinski definition) is 5. The quantitative estimate of drug-likeness (QED) is 0.743. The average Bonchev–Trinajstić information content (AvgIpc) is 3.02. The van der Waals surface area contributed by atoms with E-state index in [4.69, 9.17) is 16.3 Å². The second-order valence-corrected chi connectivity index (χ2v) is 6.36. The molecule has 8 heteroatoms. The van der Waals surface area contributed by atoms with Gasteiger partial charge in [0.25, 0.3) is 5.78 Å². The van der Waals surface area contributed by atoms with Gasteiger partial charge in [-0.25, -0.2) is 9.50 Å². The third-order valence-electron chi connectivity index (χ3n) is 4.18. The molecule has 136 valence electrons. The van der Waals surface area contributed by atoms with Gasteiger partial charge in [-0.05, 0) is 32.0 Å². The Bertz CT molecular complexity index is 983. The third-order valence-corrected chi connectivity index (χ3v) is 4.42. The van der Waals surface area contributed by atoms with E-state index in [9.17, 15) is 4.79 Å². The topological polar surface area (TPSA) is 81.4 Å². The fourth-order valence-corrected chi connectivity index (χ4v) is 2.96. The van der Waals surface area contributed by atoms with Gasteiger partial charge in [-0.15, -0.1) is 5.10 Å². The van der Waals surface area contributed by atoms with Crippen LogP contribution in [0.15, 0.2) is 18.2 Å². The first-order valence-electron chi connectivity index (χ1n) is 8.28. The predicted molar refractivity (Wildman–Crippen MR) is 100.0 cm³/mol. The molecule has 0 unspecified atom stereocenters. The Morgan fingerprint density at radius 2 is 2.08 bits per heavy atom. The zero-order valence-corrected chi connectivity index (χ0v) is 15.9. The zero-order valence-electron chi connectivity index (χ0n) is 15.1. The van der Waals surface area contributed by atoms with Crippen LogP contribution < -0.4 is 10.1 Å². The zero-order chi connectivity index (χ0) is 18.8. The van der Waals surface area contributed by atoms with Gasteiger partial charge in [0.15, 0.2) is 5.82 Å². The summed E-state index contributed by atoms with van der Waals surface area (Å²) < 4.78 is 6.95. The molecule has 3 aromatic rings. The molecular weight excluding hydrogens is 354 g/mol. The number of amides is 1. The monoisotopic (exact) mass is 373 g/mol. The van der Waals surface area contributed by atoms with Crippen LogP contribution >= 0.6 is 11.6 Å². The number of aryl methyl sites for hydroxylation is 3. The second-order valence-electron chi connectivity index (χ2n) is 5.92. The van der Waals surface area contributed by atoms with Crippen molar-refractivity contribution < 1.29 is 9.53 Å². The van der Waals surface area contributed by atoms with Gasteiger partial charge in [0.1, 0.15) is 5.75 Å². The van der Waals surface area contributed by atoms with Gasteiger partial charge in [-0.2, -0.15) is 4.98 Å². The van der Waals surface area contributed by atoms with E-state index in [0.717, 1.165) is 29.2 Å². The van der Waals surface area contributed by atoms with Crippen molar-refractivity contribution in [2.24, 2.45) is 0 Å². The highest BCUT2D eigenvalue weighted by Gasteiger charge is 2.17. The number of rotatable bonds is 5. The summed E-state index contributed by atoms with van der Waals surface area (Å²) in [6.45, 7) is 5.78. The van der Waals surface area contributed by atoms with E-state index in [1.807, 2.05) is 20.8 Å². The van der Waals surface area contributed by atoms with E-state index >= 15 is 0 Å². The molecule has 26 heavy (non-hydrogen) atoms. The largest absolute Gasteiger partial charge is 0.495 e. The van der Waals surface area contributed by atoms with Crippen molar-refractivity contribution in [3.8, 4) is 5.75 Å². The molecule has 2 aromatic heterocycles. The van der Waals surface area contributed by atoms with Gasteiger partial charge in [0.2, 0.25) is 5.91 Å². The lowest BCUT2D eigenvalue weighted by Crippen LogP contribution is -2.18. The van der Waals surface area contributed by atoms with Crippen molar-refractivity contribution >= 4 is 29.0 Å². The van der Waals surface area contributed by atoms with E-state index in [0.29, 0.717) is 22.2 Å². The minimum atomic E-state index is -0.186. The Hall–Kier alpha value is -2.67. The molecule has 0 spiro atoms. The number of benzene rings is 1. The van der Waals surface area contributed by atoms with Gasteiger partial charge < -0.3 is 10.1 Å². The highest BCUT2D eigenvalue weighted by Crippen LogP contribution is 2.28. The number of nitrogens with one attached hydrogen (secondary N) is 1. The lowest BCUT2D eigenvalue weighted by molar-refractivity contribution is -0.115. The predicted octanol–water partition coefficient (Wildman–Crippen LogP) is 3.15. The van der Waals surface area contributed by atoms with Gasteiger partial charge in [0.05, 0.1) is 19.2 Å². The van der Waals surface area contributed by atoms with E-state index in [1.165, 1.54) is 0 Å². The van der Waals surface area contributed by atoms with Crippen molar-refractivity contribution in [1.82, 2.24) is 19.6 Å². The standard InChI is InChI=1S/C18H20ClN5O2/c1-5-16-22-18-20-10(2)13(11(3)24(18)23-16)9-17(25)21-14-8-12(19)6-7-15(14)26-4/h6-8H,5,9H2,1-4H3,(H,21,25). The van der Waals surface area contributed by atoms with Gasteiger partial charge in [-0.3, -0.25) is 4.79 Å². The molecule has 7 nitrogen and oxygen atoms in total. The number of fused-ring (bicyclic) bond motifs is 1. The highest BCUT2D eigenvalue weighted by atomic mass is 35.5. The fraction of sp³-hybridized carbons (Fsp3) is 0.333. The van der Waals surface area contributed by atoms with Crippen LogP contribution in [-0.4, -0.2) is 32.6 Å². The number of aromatic nitrogens is 4. The van der Waals surface area contributed by atoms with Crippen LogP contribution in [0.4, 0.5) is 5.69 Å². The highest BCUT2D eigenvalue weighted by molar-refractivity contribution is 6.31. The summed E-state index contributed by atoms with van der Waals surface area (Å²) in [5, 5.41) is 7.80. The molecule has 2 heterocycles. The normalized spacial score (nSPS) is 11.0. The maximum Gasteiger partial charge on any atom is 0.252 e. The summed E-state index contributed by atoms with van der Waals surface area (Å²) in [4.78, 5) is 21.4. The van der Waals surface area contributed by atoms with Crippen LogP contribution in [0.2, 0.25) is 5.02 Å². The minimum Gasteiger partial charge on any atom is -0.495 e. The summed E-state index contributed by atoms with van der Waals surface area (Å²) in [7, 11) is 1.54. The van der Waals surface area contributed by atoms with Crippen molar-refractivity contribution in [2.45, 2.75) is 33.6 Å². The molecule has 1 amide bonds. The van der Waals surface area contributed by atoms with Crippen LogP contribution in [0.1, 0.15) is 29.7 Å². The van der Waals surface area contributed by atoms with Crippen molar-refractivity contribution in [3.63, 3.8) is 0 Å². The molecule has 0 aliphatic rings. The van der Waals surface area contributed by atoms with Crippen LogP contribution in [0.5, 0.6) is 5.75 Å². The Labute approximate surface area is 156 Å². The summed E-state index contributed by atoms with van der Waals surface area (Å²) in [5.41, 5.74) is 2.97. The number of hydrogen-bond donors (Lipinski definition) is 1. The molecule has 1 aromatic carbocycles. The number of methoxy groups -OCH3 is 1. The summed E-state index contributed by atoms with van der Waals surface area (Å²) >= 11 is 6.01. The first-order valence-corrected chi connectivity index (χ1v) is 8.65. The van der Waals surface area contributed by atoms with Gasteiger partial charge >= 0.3 is 0 Å². The lowest BCUT2D eigenvalue weighted by atomic mass is 10.1. The number of ether oxygens (including phenoxy) is 1. The molecular formula is C18H20ClN5O2. The van der Waals surface area contributed by atoms with Crippen LogP contribution in [0.25, 0.3) is 5.78 Å². The molecule has 0 aliphatic heterocycles. The summed E-state index contributed by atoms with van der Waals surface area (Å²) in [5.74, 6) is 1.64. The first-order chi connectivity index (χ1) is 12.4. The molecule has 1 N–H and O–H groups in total. The Balaban J connectivity index is 1.89. The molecule has 0 bridgehead atoms. The number of nitrogens with zero attached hydrogens (tertiary/aromatic N) is 4. The van der Waals surface area contributed by atoms with Crippen LogP contribution in [0.3, 0.4) is 0 Å². The summed E-state index contributed by atoms with van der Waals surface area (Å²) in [6.07, 6.45) is 0.893. The maximum atomic E-state index is 12.6. The smallest absolute Gasteiger partial charge is 0.252 e. The third kappa shape index (κ3) is 3.48. The molecule has 0 aliphatic carbocycles. The van der Waals surface area contributed by atoms with Crippen LogP contribution in [0, 0.1) is 13.8 Å². The average molecular weight is 374 g/mol. The van der Waals surface area contributed by atoms with E-state index in [2.05, 4.69) is 20.4 Å². The number of anilines is 1. The Morgan fingerprint density at radius 1 is 1.31 bits per heavy atom. The van der Waals surface area contributed by atoms with Crippen molar-refractivity contribution in [1.29, 1.82) is 0 Å². The Kier molecular flexibility index (Phi) is 5.08. The van der Waals surface area contributed by atoms with Crippen molar-refractivity contribution in [3.05, 3.63) is 46.0 Å². The lowest BCUT2D eigenvalue weighted by Gasteiger charge is -2.13.